The van der Waals surface area contributed by atoms with Gasteiger partial charge >= 0.3 is 5.97 Å². The zero-order valence-corrected chi connectivity index (χ0v) is 33.9. The number of benzene rings is 2. The van der Waals surface area contributed by atoms with Crippen molar-refractivity contribution < 1.29 is 78.2 Å². The number of carbonyl (C=O) groups is 3. The number of ether oxygens (including phenoxy) is 7. The van der Waals surface area contributed by atoms with E-state index >= 15 is 0 Å². The number of carboxylic acids is 1. The fourth-order valence-corrected chi connectivity index (χ4v) is 9.04. The molecule has 1 aliphatic carbocycles. The van der Waals surface area contributed by atoms with E-state index in [2.05, 4.69) is 0 Å². The average Bonchev–Trinajstić information content (AvgIpc) is 3.16. The van der Waals surface area contributed by atoms with Crippen LogP contribution < -0.4 is 0 Å². The van der Waals surface area contributed by atoms with Crippen molar-refractivity contribution >= 4 is 17.5 Å². The fourth-order valence-electron chi connectivity index (χ4n) is 9.04. The van der Waals surface area contributed by atoms with E-state index in [9.17, 15) is 45.0 Å². The monoisotopic (exact) mass is 828 g/mol. The number of phenolic OH excluding ortho intramolecular Hbond substituents is 2. The van der Waals surface area contributed by atoms with Gasteiger partial charge in [0.1, 0.15) is 17.6 Å². The summed E-state index contributed by atoms with van der Waals surface area (Å²) in [6.45, 7) is 8.76. The van der Waals surface area contributed by atoms with Crippen LogP contribution in [-0.4, -0.2) is 128 Å². The van der Waals surface area contributed by atoms with E-state index < -0.39 is 96.6 Å². The highest BCUT2D eigenvalue weighted by Gasteiger charge is 2.43. The first kappa shape index (κ1) is 43.5. The zero-order chi connectivity index (χ0) is 42.5. The molecule has 59 heavy (non-hydrogen) atoms. The minimum atomic E-state index is -1.42. The minimum absolute atomic E-state index is 0.0482. The Balaban J connectivity index is 0.989. The summed E-state index contributed by atoms with van der Waals surface area (Å²) in [6.07, 6.45) is -4.84. The second kappa shape index (κ2) is 17.4. The third kappa shape index (κ3) is 9.08. The van der Waals surface area contributed by atoms with E-state index in [1.54, 1.807) is 13.8 Å². The second-order valence-electron chi connectivity index (χ2n) is 17.0. The van der Waals surface area contributed by atoms with Gasteiger partial charge in [-0.05, 0) is 71.6 Å². The summed E-state index contributed by atoms with van der Waals surface area (Å²) in [7, 11) is 0. The number of hydrogen-bond acceptors (Lipinski definition) is 15. The van der Waals surface area contributed by atoms with Gasteiger partial charge in [0.15, 0.2) is 30.4 Å². The molecule has 4 fully saturated rings. The SMILES string of the molecule is C[C@@H]1OC(c2ccc3c(c2O)C(=O)c2ccc(CC(C)(CC(=O)O)O[C@H]4CC[C@H](O[C@H]5CC[C@@H](O[C@@H]6CC[C@@H](O)[C@H](C)O6)[C@H](C)O5)[C@H](C)O4)c(O)c2C3=O)C[C@@H](O)[C@H]1O. The second-order valence-corrected chi connectivity index (χ2v) is 17.0. The fraction of sp³-hybridized carbons (Fsp3) is 0.651. The smallest absolute Gasteiger partial charge is 0.306 e. The molecule has 0 radical (unpaired) electrons. The van der Waals surface area contributed by atoms with Crippen LogP contribution in [0.25, 0.3) is 0 Å². The van der Waals surface area contributed by atoms with Gasteiger partial charge in [0.25, 0.3) is 0 Å². The molecule has 4 heterocycles. The summed E-state index contributed by atoms with van der Waals surface area (Å²) >= 11 is 0. The van der Waals surface area contributed by atoms with Gasteiger partial charge in [-0.15, -0.1) is 0 Å². The molecule has 4 aliphatic heterocycles. The third-order valence-electron chi connectivity index (χ3n) is 12.4. The van der Waals surface area contributed by atoms with Crippen LogP contribution in [0.15, 0.2) is 24.3 Å². The molecule has 16 nitrogen and oxygen atoms in total. The number of aliphatic hydroxyl groups is 3. The predicted octanol–water partition coefficient (Wildman–Crippen LogP) is 3.94. The Hall–Kier alpha value is -3.55. The van der Waals surface area contributed by atoms with Gasteiger partial charge in [0.05, 0.1) is 78.1 Å². The Bertz CT molecular complexity index is 1890. The summed E-state index contributed by atoms with van der Waals surface area (Å²) in [5, 5.41) is 63.1. The molecule has 14 atom stereocenters. The van der Waals surface area contributed by atoms with Gasteiger partial charge in [-0.25, -0.2) is 0 Å². The molecule has 4 saturated heterocycles. The molecule has 0 amide bonds. The van der Waals surface area contributed by atoms with Gasteiger partial charge < -0.3 is 63.8 Å². The highest BCUT2D eigenvalue weighted by Crippen LogP contribution is 2.44. The predicted molar refractivity (Wildman–Crippen MR) is 205 cm³/mol. The number of hydrogen-bond donors (Lipinski definition) is 6. The van der Waals surface area contributed by atoms with Crippen molar-refractivity contribution in [1.82, 2.24) is 0 Å². The number of carbonyl (C=O) groups excluding carboxylic acids is 2. The van der Waals surface area contributed by atoms with Gasteiger partial charge in [-0.3, -0.25) is 14.4 Å². The Morgan fingerprint density at radius 3 is 1.81 bits per heavy atom. The van der Waals surface area contributed by atoms with Gasteiger partial charge in [-0.2, -0.15) is 0 Å². The van der Waals surface area contributed by atoms with Crippen LogP contribution in [0.4, 0.5) is 0 Å². The summed E-state index contributed by atoms with van der Waals surface area (Å²) < 4.78 is 42.9. The Labute approximate surface area is 342 Å². The summed E-state index contributed by atoms with van der Waals surface area (Å²) in [5.41, 5.74) is -1.90. The van der Waals surface area contributed by atoms with Crippen LogP contribution in [0.5, 0.6) is 11.5 Å². The number of rotatable bonds is 11. The van der Waals surface area contributed by atoms with Crippen molar-refractivity contribution in [2.45, 2.75) is 178 Å². The number of aliphatic carboxylic acids is 1. The first-order valence-corrected chi connectivity index (χ1v) is 20.6. The molecule has 2 aromatic carbocycles. The van der Waals surface area contributed by atoms with E-state index in [0.29, 0.717) is 38.5 Å². The molecule has 2 aromatic rings. The van der Waals surface area contributed by atoms with Crippen LogP contribution >= 0.6 is 0 Å². The van der Waals surface area contributed by atoms with Crippen LogP contribution in [-0.2, 0) is 44.4 Å². The lowest BCUT2D eigenvalue weighted by Crippen LogP contribution is -2.48. The molecule has 7 rings (SSSR count). The highest BCUT2D eigenvalue weighted by atomic mass is 16.7. The lowest BCUT2D eigenvalue weighted by molar-refractivity contribution is -0.309. The molecule has 16 heteroatoms. The van der Waals surface area contributed by atoms with E-state index in [4.69, 9.17) is 33.2 Å². The number of aliphatic hydroxyl groups excluding tert-OH is 3. The molecule has 6 N–H and O–H groups in total. The van der Waals surface area contributed by atoms with Crippen molar-refractivity contribution in [2.24, 2.45) is 0 Å². The maximum absolute atomic E-state index is 13.9. The summed E-state index contributed by atoms with van der Waals surface area (Å²) in [6, 6.07) is 5.57. The van der Waals surface area contributed by atoms with Crippen LogP contribution in [0, 0.1) is 0 Å². The maximum Gasteiger partial charge on any atom is 0.306 e. The quantitative estimate of drug-likeness (QED) is 0.161. The summed E-state index contributed by atoms with van der Waals surface area (Å²) in [4.78, 5) is 39.9. The van der Waals surface area contributed by atoms with Gasteiger partial charge in [0, 0.05) is 48.8 Å². The van der Waals surface area contributed by atoms with Crippen LogP contribution in [0.1, 0.15) is 135 Å². The first-order chi connectivity index (χ1) is 27.9. The number of carboxylic acid groups (broad SMARTS) is 1. The number of phenols is 2. The standard InChI is InChI=1S/C43H56O16/c1-19-27(44)10-13-33(54-19)57-29-11-14-34(55-20(29)2)58-30-12-15-35(56-21(30)3)59-43(5,18-32(46)47)17-23-6-7-25-36(39(23)49)41(51)26-9-8-24(40(50)37(26)42(25)52)31-16-28(45)38(48)22(4)53-31/h6-9,19-22,27-31,33-35,38,44-45,48-50H,10-18H2,1-5H3,(H,46,47)/t19-,20-,21-,22-,27+,28+,29+,30-,31?,33+,34-,35-,38-,43?/m0/s1. The minimum Gasteiger partial charge on any atom is -0.507 e. The van der Waals surface area contributed by atoms with Gasteiger partial charge in [0.2, 0.25) is 0 Å². The van der Waals surface area contributed by atoms with Crippen molar-refractivity contribution in [2.75, 3.05) is 0 Å². The third-order valence-corrected chi connectivity index (χ3v) is 12.4. The molecule has 0 aromatic heterocycles. The first-order valence-electron chi connectivity index (χ1n) is 20.6. The van der Waals surface area contributed by atoms with E-state index in [-0.39, 0.29) is 70.6 Å². The Morgan fingerprint density at radius 1 is 0.695 bits per heavy atom. The van der Waals surface area contributed by atoms with Gasteiger partial charge in [-0.1, -0.05) is 12.1 Å². The Kier molecular flexibility index (Phi) is 12.9. The van der Waals surface area contributed by atoms with Crippen LogP contribution in [0.2, 0.25) is 0 Å². The largest absolute Gasteiger partial charge is 0.507 e. The van der Waals surface area contributed by atoms with E-state index in [0.717, 1.165) is 0 Å². The molecular formula is C43H56O16. The van der Waals surface area contributed by atoms with Crippen molar-refractivity contribution in [1.29, 1.82) is 0 Å². The van der Waals surface area contributed by atoms with Crippen molar-refractivity contribution in [3.05, 3.63) is 57.6 Å². The number of ketones is 2. The van der Waals surface area contributed by atoms with Crippen molar-refractivity contribution in [3.63, 3.8) is 0 Å². The van der Waals surface area contributed by atoms with E-state index in [1.165, 1.54) is 24.3 Å². The molecular weight excluding hydrogens is 772 g/mol. The zero-order valence-electron chi connectivity index (χ0n) is 33.9. The lowest BCUT2D eigenvalue weighted by Gasteiger charge is -2.42. The molecule has 0 bridgehead atoms. The summed E-state index contributed by atoms with van der Waals surface area (Å²) in [5.74, 6) is -3.58. The van der Waals surface area contributed by atoms with Crippen LogP contribution in [0.3, 0.4) is 0 Å². The lowest BCUT2D eigenvalue weighted by atomic mass is 9.79. The molecule has 324 valence electrons. The number of fused-ring (bicyclic) bond motifs is 2. The van der Waals surface area contributed by atoms with E-state index in [1.807, 2.05) is 20.8 Å². The molecule has 0 spiro atoms. The maximum atomic E-state index is 13.9. The molecule has 0 saturated carbocycles. The highest BCUT2D eigenvalue weighted by molar-refractivity contribution is 6.30. The molecule has 5 aliphatic rings. The normalized spacial score (nSPS) is 36.0. The topological polar surface area (TPSA) is 237 Å². The van der Waals surface area contributed by atoms with Crippen molar-refractivity contribution in [3.8, 4) is 11.5 Å². The Morgan fingerprint density at radius 2 is 1.24 bits per heavy atom. The average molecular weight is 829 g/mol. The number of aromatic hydroxyl groups is 2. The molecule has 2 unspecified atom stereocenters.